The van der Waals surface area contributed by atoms with Gasteiger partial charge in [-0.3, -0.25) is 14.4 Å². The molecule has 4 aliphatic carbocycles. The number of esters is 1. The number of amides is 2. The maximum atomic E-state index is 14.8. The zero-order chi connectivity index (χ0) is 54.5. The first-order chi connectivity index (χ1) is 35.5. The number of ether oxygens (including phenoxy) is 7. The maximum absolute atomic E-state index is 14.8. The number of benzene rings is 1. The Morgan fingerprint density at radius 1 is 0.733 bits per heavy atom. The molecule has 2 bridgehead atoms. The molecule has 23 atom stereocenters. The van der Waals surface area contributed by atoms with Gasteiger partial charge in [-0.2, -0.15) is 0 Å². The molecule has 0 aromatic heterocycles. The van der Waals surface area contributed by atoms with E-state index in [-0.39, 0.29) is 18.3 Å². The number of carboxylic acids is 1. The Hall–Kier alpha value is -3.76. The van der Waals surface area contributed by atoms with Crippen molar-refractivity contribution in [3.05, 3.63) is 48.0 Å². The summed E-state index contributed by atoms with van der Waals surface area (Å²) in [6.45, 7) is 8.46. The molecule has 0 radical (unpaired) electrons. The Balaban J connectivity index is 1.04. The monoisotopic (exact) mass is 1060 g/mol. The van der Waals surface area contributed by atoms with Crippen LogP contribution in [0.25, 0.3) is 0 Å². The van der Waals surface area contributed by atoms with Crippen molar-refractivity contribution in [2.24, 2.45) is 28.1 Å². The second kappa shape index (κ2) is 22.5. The van der Waals surface area contributed by atoms with E-state index in [9.17, 15) is 70.2 Å². The summed E-state index contributed by atoms with van der Waals surface area (Å²) in [6, 6.07) is 6.23. The van der Waals surface area contributed by atoms with Crippen LogP contribution in [-0.2, 0) is 58.8 Å². The van der Waals surface area contributed by atoms with Crippen LogP contribution in [0.15, 0.2) is 42.5 Å². The number of aliphatic hydroxyl groups is 9. The summed E-state index contributed by atoms with van der Waals surface area (Å²) in [6.07, 6.45) is -20.6. The highest BCUT2D eigenvalue weighted by Crippen LogP contribution is 2.73. The average molecular weight is 1070 g/mol. The van der Waals surface area contributed by atoms with Crippen LogP contribution >= 0.6 is 0 Å². The van der Waals surface area contributed by atoms with Gasteiger partial charge in [-0.25, -0.2) is 4.79 Å². The van der Waals surface area contributed by atoms with Gasteiger partial charge in [-0.1, -0.05) is 57.2 Å². The summed E-state index contributed by atoms with van der Waals surface area (Å²) in [5, 5.41) is 112. The zero-order valence-corrected chi connectivity index (χ0v) is 42.7. The van der Waals surface area contributed by atoms with Crippen molar-refractivity contribution in [1.29, 1.82) is 0 Å². The normalized spacial score (nSPS) is 44.3. The van der Waals surface area contributed by atoms with Crippen LogP contribution in [0.3, 0.4) is 0 Å². The molecule has 23 heteroatoms. The third-order valence-electron chi connectivity index (χ3n) is 18.1. The Kier molecular flexibility index (Phi) is 17.3. The molecule has 8 rings (SSSR count). The zero-order valence-electron chi connectivity index (χ0n) is 42.7. The van der Waals surface area contributed by atoms with Crippen LogP contribution in [0.2, 0.25) is 0 Å². The van der Waals surface area contributed by atoms with Crippen LogP contribution in [0, 0.1) is 28.1 Å². The SMILES string of the molecule is C=C1C[C@@]23CC[C@H]4[C@@](C)(CCC[C@@]4(C)C(=O)N[C@@H](CC(=O)O)C(=O)N[C@@H](Cc4ccccc4)C(=O)OC)[C@@H]2CC[C@]1(O[C@@H]1O[C@H](CO)[C@@H](O)[C@H](O[C@@H]2O[C@H](CO)[C@@H](O)[C@H](O)[C@H]2O)[C@H]1O[C@@H]1O[C@H](C)[C@@H](O)[C@H](O)[C@H]1O)C3. The molecule has 420 valence electrons. The standard InChI is InChI=1S/C52H76N2O21/c1-24-20-51-16-12-31-49(3,14-9-15-50(31,4)48(68)54-27(19-33(57)58)43(66)53-28(44(67)69-5)18-26-10-7-6-8-11-26)32(51)13-17-52(24,23-51)75-47-42(74-45-39(64)37(62)34(59)25(2)70-45)41(36(61)30(22-56)72-47)73-46-40(65)38(63)35(60)29(21-55)71-46/h6-8,10-11,25,27-32,34-42,45-47,55-56,59-65H,1,9,12-23H2,2-5H3,(H,53,66)(H,54,68)(H,57,58)/t25-,27+,28+,29-,30-,31+,32+,34-,35-,36-,37+,38+,39-,40-,41+,42-,45+,46+,47+,49-,50-,51-,52+/m1/s1. The highest BCUT2D eigenvalue weighted by atomic mass is 16.8. The molecule has 1 spiro atoms. The van der Waals surface area contributed by atoms with Gasteiger partial charge in [0.25, 0.3) is 0 Å². The van der Waals surface area contributed by atoms with Crippen LogP contribution in [-0.4, -0.2) is 205 Å². The lowest BCUT2D eigenvalue weighted by Gasteiger charge is -2.64. The summed E-state index contributed by atoms with van der Waals surface area (Å²) in [5.41, 5.74) is -1.61. The van der Waals surface area contributed by atoms with Gasteiger partial charge in [0.15, 0.2) is 18.9 Å². The summed E-state index contributed by atoms with van der Waals surface area (Å²) >= 11 is 0. The van der Waals surface area contributed by atoms with Crippen molar-refractivity contribution in [1.82, 2.24) is 10.6 Å². The third-order valence-corrected chi connectivity index (χ3v) is 18.1. The second-order valence-electron chi connectivity index (χ2n) is 22.6. The van der Waals surface area contributed by atoms with E-state index in [1.54, 1.807) is 30.3 Å². The number of carbonyl (C=O) groups excluding carboxylic acids is 3. The lowest BCUT2D eigenvalue weighted by atomic mass is 9.40. The van der Waals surface area contributed by atoms with Gasteiger partial charge in [-0.15, -0.1) is 0 Å². The maximum Gasteiger partial charge on any atom is 0.328 e. The van der Waals surface area contributed by atoms with E-state index < -0.39 is 169 Å². The molecule has 3 aliphatic heterocycles. The Labute approximate surface area is 434 Å². The number of carbonyl (C=O) groups is 4. The molecular weight excluding hydrogens is 989 g/mol. The number of nitrogens with one attached hydrogen (secondary N) is 2. The number of rotatable bonds is 17. The molecular formula is C52H76N2O21. The summed E-state index contributed by atoms with van der Waals surface area (Å²) in [4.78, 5) is 53.7. The topological polar surface area (TPSA) is 359 Å². The van der Waals surface area contributed by atoms with Crippen LogP contribution in [0.4, 0.5) is 0 Å². The van der Waals surface area contributed by atoms with E-state index in [1.165, 1.54) is 14.0 Å². The van der Waals surface area contributed by atoms with Crippen molar-refractivity contribution in [3.63, 3.8) is 0 Å². The van der Waals surface area contributed by atoms with Gasteiger partial charge < -0.3 is 94.9 Å². The van der Waals surface area contributed by atoms with E-state index in [0.717, 1.165) is 12.0 Å². The minimum atomic E-state index is -1.94. The lowest BCUT2D eigenvalue weighted by Crippen LogP contribution is -2.67. The fraction of sp³-hybridized carbons (Fsp3) is 0.769. The van der Waals surface area contributed by atoms with E-state index in [0.29, 0.717) is 56.9 Å². The number of methoxy groups -OCH3 is 1. The fourth-order valence-electron chi connectivity index (χ4n) is 14.2. The Morgan fingerprint density at radius 2 is 1.35 bits per heavy atom. The number of aliphatic hydroxyl groups excluding tert-OH is 9. The predicted octanol–water partition coefficient (Wildman–Crippen LogP) is -1.57. The molecule has 7 aliphatic rings. The van der Waals surface area contributed by atoms with Crippen molar-refractivity contribution >= 4 is 23.8 Å². The van der Waals surface area contributed by atoms with Crippen LogP contribution in [0.5, 0.6) is 0 Å². The van der Waals surface area contributed by atoms with E-state index >= 15 is 0 Å². The summed E-state index contributed by atoms with van der Waals surface area (Å²) in [5.74, 6) is -3.58. The first kappa shape index (κ1) is 57.4. The van der Waals surface area contributed by atoms with Gasteiger partial charge in [-0.05, 0) is 92.1 Å². The first-order valence-electron chi connectivity index (χ1n) is 26.0. The smallest absolute Gasteiger partial charge is 0.328 e. The predicted molar refractivity (Wildman–Crippen MR) is 256 cm³/mol. The number of fused-ring (bicyclic) bond motifs is 3. The molecule has 75 heavy (non-hydrogen) atoms. The first-order valence-corrected chi connectivity index (χ1v) is 26.0. The lowest BCUT2D eigenvalue weighted by molar-refractivity contribution is -0.398. The van der Waals surface area contributed by atoms with Crippen molar-refractivity contribution in [3.8, 4) is 0 Å². The molecule has 2 amide bonds. The van der Waals surface area contributed by atoms with E-state index in [2.05, 4.69) is 24.1 Å². The van der Waals surface area contributed by atoms with Gasteiger partial charge >= 0.3 is 11.9 Å². The Bertz CT molecular complexity index is 2220. The highest BCUT2D eigenvalue weighted by molar-refractivity contribution is 5.94. The number of aliphatic carboxylic acids is 1. The number of hydrogen-bond donors (Lipinski definition) is 12. The highest BCUT2D eigenvalue weighted by Gasteiger charge is 2.69. The van der Waals surface area contributed by atoms with Gasteiger partial charge in [0.1, 0.15) is 79.2 Å². The average Bonchev–Trinajstić information content (AvgIpc) is 3.58. The number of hydrogen-bond acceptors (Lipinski definition) is 20. The van der Waals surface area contributed by atoms with Gasteiger partial charge in [0.2, 0.25) is 11.8 Å². The van der Waals surface area contributed by atoms with Crippen molar-refractivity contribution < 1.29 is 103 Å². The minimum absolute atomic E-state index is 0.0119. The summed E-state index contributed by atoms with van der Waals surface area (Å²) in [7, 11) is 1.18. The quantitative estimate of drug-likeness (QED) is 0.0476. The molecule has 1 aromatic carbocycles. The molecule has 4 saturated carbocycles. The molecule has 3 heterocycles. The number of carboxylic acid groups (broad SMARTS) is 1. The second-order valence-corrected chi connectivity index (χ2v) is 22.6. The molecule has 3 saturated heterocycles. The minimum Gasteiger partial charge on any atom is -0.481 e. The van der Waals surface area contributed by atoms with Gasteiger partial charge in [0, 0.05) is 11.8 Å². The molecule has 7 fully saturated rings. The van der Waals surface area contributed by atoms with Gasteiger partial charge in [0.05, 0.1) is 38.4 Å². The Morgan fingerprint density at radius 3 is 2.00 bits per heavy atom. The third kappa shape index (κ3) is 10.8. The van der Waals surface area contributed by atoms with Crippen molar-refractivity contribution in [2.45, 2.75) is 201 Å². The van der Waals surface area contributed by atoms with Crippen molar-refractivity contribution in [2.75, 3.05) is 20.3 Å². The molecule has 12 N–H and O–H groups in total. The van der Waals surface area contributed by atoms with E-state index in [4.69, 9.17) is 33.2 Å². The molecule has 23 nitrogen and oxygen atoms in total. The van der Waals surface area contributed by atoms with Crippen LogP contribution < -0.4 is 10.6 Å². The van der Waals surface area contributed by atoms with E-state index in [1.807, 2.05) is 6.92 Å². The summed E-state index contributed by atoms with van der Waals surface area (Å²) < 4.78 is 42.2. The molecule has 0 unspecified atom stereocenters. The van der Waals surface area contributed by atoms with Crippen LogP contribution in [0.1, 0.15) is 90.5 Å². The molecule has 1 aromatic rings. The largest absolute Gasteiger partial charge is 0.481 e. The fourth-order valence-corrected chi connectivity index (χ4v) is 14.2.